The molecule has 2 fully saturated rings. The van der Waals surface area contributed by atoms with Crippen LogP contribution in [0.4, 0.5) is 4.79 Å². The van der Waals surface area contributed by atoms with Crippen LogP contribution in [0.2, 0.25) is 0 Å². The standard InChI is InChI=1S/C19H36N2O2/c1-5-19(11-6-7-12-19)14-21-16-10-8-9-15(16)13-20-17(22)23-18(2,3)4/h15-16,21H,5-14H2,1-4H3,(H,20,22). The van der Waals surface area contributed by atoms with E-state index in [0.717, 1.165) is 13.1 Å². The first-order chi connectivity index (χ1) is 10.8. The fourth-order valence-corrected chi connectivity index (χ4v) is 4.21. The largest absolute Gasteiger partial charge is 0.444 e. The summed E-state index contributed by atoms with van der Waals surface area (Å²) in [5.74, 6) is 0.540. The predicted octanol–water partition coefficient (Wildman–Crippen LogP) is 4.24. The summed E-state index contributed by atoms with van der Waals surface area (Å²) in [7, 11) is 0. The van der Waals surface area contributed by atoms with Crippen LogP contribution < -0.4 is 10.6 Å². The lowest BCUT2D eigenvalue weighted by Crippen LogP contribution is -2.44. The normalized spacial score (nSPS) is 27.1. The van der Waals surface area contributed by atoms with Crippen molar-refractivity contribution >= 4 is 6.09 Å². The molecule has 2 unspecified atom stereocenters. The molecular formula is C19H36N2O2. The molecule has 4 nitrogen and oxygen atoms in total. The van der Waals surface area contributed by atoms with Crippen molar-refractivity contribution in [2.45, 2.75) is 90.7 Å². The molecule has 0 heterocycles. The Morgan fingerprint density at radius 2 is 1.87 bits per heavy atom. The van der Waals surface area contributed by atoms with E-state index >= 15 is 0 Å². The van der Waals surface area contributed by atoms with Crippen molar-refractivity contribution in [2.75, 3.05) is 13.1 Å². The molecule has 2 atom stereocenters. The third-order valence-electron chi connectivity index (χ3n) is 5.72. The van der Waals surface area contributed by atoms with Crippen LogP contribution in [0, 0.1) is 11.3 Å². The average molecular weight is 325 g/mol. The fourth-order valence-electron chi connectivity index (χ4n) is 4.21. The first kappa shape index (κ1) is 18.6. The minimum absolute atomic E-state index is 0.288. The van der Waals surface area contributed by atoms with E-state index in [4.69, 9.17) is 4.74 Å². The van der Waals surface area contributed by atoms with E-state index in [0.29, 0.717) is 17.4 Å². The molecule has 0 aromatic heterocycles. The molecule has 0 bridgehead atoms. The van der Waals surface area contributed by atoms with Gasteiger partial charge in [0.25, 0.3) is 0 Å². The lowest BCUT2D eigenvalue weighted by molar-refractivity contribution is 0.0517. The highest BCUT2D eigenvalue weighted by Crippen LogP contribution is 2.40. The SMILES string of the molecule is CCC1(CNC2CCCC2CNC(=O)OC(C)(C)C)CCCC1. The Morgan fingerprint density at radius 3 is 2.48 bits per heavy atom. The number of amides is 1. The topological polar surface area (TPSA) is 50.4 Å². The maximum atomic E-state index is 11.8. The quantitative estimate of drug-likeness (QED) is 0.768. The van der Waals surface area contributed by atoms with E-state index in [1.165, 1.54) is 51.4 Å². The highest BCUT2D eigenvalue weighted by atomic mass is 16.6. The second kappa shape index (κ2) is 7.87. The Balaban J connectivity index is 1.75. The van der Waals surface area contributed by atoms with Gasteiger partial charge in [0, 0.05) is 19.1 Å². The van der Waals surface area contributed by atoms with E-state index in [-0.39, 0.29) is 6.09 Å². The lowest BCUT2D eigenvalue weighted by Gasteiger charge is -2.31. The van der Waals surface area contributed by atoms with Crippen LogP contribution in [0.5, 0.6) is 0 Å². The molecule has 23 heavy (non-hydrogen) atoms. The van der Waals surface area contributed by atoms with E-state index < -0.39 is 5.60 Å². The molecule has 2 aliphatic rings. The minimum Gasteiger partial charge on any atom is -0.444 e. The number of alkyl carbamates (subject to hydrolysis) is 1. The van der Waals surface area contributed by atoms with Crippen molar-refractivity contribution in [3.63, 3.8) is 0 Å². The Labute approximate surface area is 142 Å². The van der Waals surface area contributed by atoms with Crippen molar-refractivity contribution in [1.29, 1.82) is 0 Å². The Hall–Kier alpha value is -0.770. The highest BCUT2D eigenvalue weighted by Gasteiger charge is 2.34. The molecule has 0 radical (unpaired) electrons. The lowest BCUT2D eigenvalue weighted by atomic mass is 9.83. The monoisotopic (exact) mass is 324 g/mol. The van der Waals surface area contributed by atoms with Gasteiger partial charge in [-0.1, -0.05) is 26.2 Å². The van der Waals surface area contributed by atoms with Crippen LogP contribution in [-0.4, -0.2) is 30.8 Å². The second-order valence-corrected chi connectivity index (χ2v) is 8.62. The Morgan fingerprint density at radius 1 is 1.17 bits per heavy atom. The van der Waals surface area contributed by atoms with Crippen LogP contribution >= 0.6 is 0 Å². The van der Waals surface area contributed by atoms with Crippen LogP contribution in [0.25, 0.3) is 0 Å². The zero-order chi connectivity index (χ0) is 16.9. The molecule has 2 saturated carbocycles. The molecule has 2 N–H and O–H groups in total. The van der Waals surface area contributed by atoms with Gasteiger partial charge in [-0.15, -0.1) is 0 Å². The fraction of sp³-hybridized carbons (Fsp3) is 0.947. The van der Waals surface area contributed by atoms with Crippen molar-refractivity contribution in [3.05, 3.63) is 0 Å². The van der Waals surface area contributed by atoms with E-state index in [1.54, 1.807) is 0 Å². The van der Waals surface area contributed by atoms with Crippen LogP contribution in [-0.2, 0) is 4.74 Å². The van der Waals surface area contributed by atoms with Gasteiger partial charge in [-0.3, -0.25) is 0 Å². The predicted molar refractivity (Wildman–Crippen MR) is 94.6 cm³/mol. The Kier molecular flexibility index (Phi) is 6.35. The summed E-state index contributed by atoms with van der Waals surface area (Å²) in [6, 6.07) is 0.550. The van der Waals surface area contributed by atoms with Gasteiger partial charge >= 0.3 is 6.09 Å². The van der Waals surface area contributed by atoms with Crippen molar-refractivity contribution in [3.8, 4) is 0 Å². The van der Waals surface area contributed by atoms with Gasteiger partial charge in [0.2, 0.25) is 0 Å². The number of hydrogen-bond acceptors (Lipinski definition) is 3. The van der Waals surface area contributed by atoms with Gasteiger partial charge < -0.3 is 15.4 Å². The summed E-state index contributed by atoms with van der Waals surface area (Å²) >= 11 is 0. The zero-order valence-corrected chi connectivity index (χ0v) is 15.5. The van der Waals surface area contributed by atoms with Crippen molar-refractivity contribution in [2.24, 2.45) is 11.3 Å². The summed E-state index contributed by atoms with van der Waals surface area (Å²) in [6.45, 7) is 9.92. The number of carbonyl (C=O) groups excluding carboxylic acids is 1. The van der Waals surface area contributed by atoms with E-state index in [9.17, 15) is 4.79 Å². The summed E-state index contributed by atoms with van der Waals surface area (Å²) < 4.78 is 5.34. The third kappa shape index (κ3) is 5.66. The van der Waals surface area contributed by atoms with Gasteiger partial charge in [-0.2, -0.15) is 0 Å². The molecule has 2 aliphatic carbocycles. The molecule has 0 aliphatic heterocycles. The summed E-state index contributed by atoms with van der Waals surface area (Å²) in [5, 5.41) is 6.81. The number of rotatable bonds is 6. The van der Waals surface area contributed by atoms with Gasteiger partial charge in [0.1, 0.15) is 5.60 Å². The number of hydrogen-bond donors (Lipinski definition) is 2. The molecule has 2 rings (SSSR count). The highest BCUT2D eigenvalue weighted by molar-refractivity contribution is 5.67. The maximum Gasteiger partial charge on any atom is 0.407 e. The van der Waals surface area contributed by atoms with Gasteiger partial charge in [-0.25, -0.2) is 4.79 Å². The molecule has 0 aromatic carbocycles. The summed E-state index contributed by atoms with van der Waals surface area (Å²) in [4.78, 5) is 11.8. The molecule has 0 saturated heterocycles. The second-order valence-electron chi connectivity index (χ2n) is 8.62. The van der Waals surface area contributed by atoms with Crippen molar-refractivity contribution < 1.29 is 9.53 Å². The van der Waals surface area contributed by atoms with Crippen LogP contribution in [0.3, 0.4) is 0 Å². The smallest absolute Gasteiger partial charge is 0.407 e. The van der Waals surface area contributed by atoms with Crippen molar-refractivity contribution in [1.82, 2.24) is 10.6 Å². The molecule has 0 aromatic rings. The molecule has 4 heteroatoms. The van der Waals surface area contributed by atoms with Gasteiger partial charge in [0.05, 0.1) is 0 Å². The number of nitrogens with one attached hydrogen (secondary N) is 2. The summed E-state index contributed by atoms with van der Waals surface area (Å²) in [6.07, 6.45) is 10.2. The van der Waals surface area contributed by atoms with Gasteiger partial charge in [-0.05, 0) is 64.2 Å². The summed E-state index contributed by atoms with van der Waals surface area (Å²) in [5.41, 5.74) is 0.110. The average Bonchev–Trinajstić information content (AvgIpc) is 3.11. The zero-order valence-electron chi connectivity index (χ0n) is 15.5. The molecular weight excluding hydrogens is 288 g/mol. The molecule has 134 valence electrons. The molecule has 0 spiro atoms. The third-order valence-corrected chi connectivity index (χ3v) is 5.72. The number of carbonyl (C=O) groups is 1. The Bertz CT molecular complexity index is 383. The van der Waals surface area contributed by atoms with Gasteiger partial charge in [0.15, 0.2) is 0 Å². The van der Waals surface area contributed by atoms with E-state index in [2.05, 4.69) is 17.6 Å². The number of ether oxygens (including phenoxy) is 1. The van der Waals surface area contributed by atoms with E-state index in [1.807, 2.05) is 20.8 Å². The van der Waals surface area contributed by atoms with Crippen LogP contribution in [0.1, 0.15) is 79.1 Å². The first-order valence-electron chi connectivity index (χ1n) is 9.54. The molecule has 1 amide bonds. The maximum absolute atomic E-state index is 11.8. The first-order valence-corrected chi connectivity index (χ1v) is 9.54. The van der Waals surface area contributed by atoms with Crippen LogP contribution in [0.15, 0.2) is 0 Å². The minimum atomic E-state index is -0.423.